The second kappa shape index (κ2) is 5.71. The zero-order valence-electron chi connectivity index (χ0n) is 10.4. The number of hydrogen-bond acceptors (Lipinski definition) is 2. The number of anilines is 1. The van der Waals surface area contributed by atoms with Crippen molar-refractivity contribution in [3.8, 4) is 0 Å². The Bertz CT molecular complexity index is 450. The fourth-order valence-electron chi connectivity index (χ4n) is 2.12. The average Bonchev–Trinajstić information content (AvgIpc) is 2.71. The van der Waals surface area contributed by atoms with Gasteiger partial charge in [0.25, 0.3) is 0 Å². The van der Waals surface area contributed by atoms with E-state index >= 15 is 0 Å². The molecule has 2 nitrogen and oxygen atoms in total. The molecule has 0 radical (unpaired) electrons. The maximum Gasteiger partial charge on any atom is 0.416 e. The predicted molar refractivity (Wildman–Crippen MR) is 71.2 cm³/mol. The standard InChI is InChI=1S/C13H15BrF3NO/c1-8-2-3-12(19-8)7-18-11-5-9(13(15,16)17)4-10(14)6-11/h4-6,8,12,18H,2-3,7H2,1H3. The van der Waals surface area contributed by atoms with Crippen LogP contribution in [0.4, 0.5) is 18.9 Å². The molecule has 0 aromatic heterocycles. The number of alkyl halides is 3. The maximum absolute atomic E-state index is 12.7. The van der Waals surface area contributed by atoms with E-state index in [0.29, 0.717) is 16.7 Å². The van der Waals surface area contributed by atoms with Gasteiger partial charge in [0.05, 0.1) is 17.8 Å². The van der Waals surface area contributed by atoms with Crippen molar-refractivity contribution in [3.05, 3.63) is 28.2 Å². The molecule has 1 N–H and O–H groups in total. The van der Waals surface area contributed by atoms with Gasteiger partial charge in [-0.1, -0.05) is 15.9 Å². The third-order valence-corrected chi connectivity index (χ3v) is 3.54. The van der Waals surface area contributed by atoms with Crippen LogP contribution in [0.3, 0.4) is 0 Å². The number of ether oxygens (including phenoxy) is 1. The highest BCUT2D eigenvalue weighted by atomic mass is 79.9. The minimum Gasteiger partial charge on any atom is -0.382 e. The molecule has 2 atom stereocenters. The molecule has 106 valence electrons. The van der Waals surface area contributed by atoms with Crippen molar-refractivity contribution in [1.82, 2.24) is 0 Å². The fourth-order valence-corrected chi connectivity index (χ4v) is 2.62. The van der Waals surface area contributed by atoms with Crippen LogP contribution in [0, 0.1) is 0 Å². The van der Waals surface area contributed by atoms with Crippen LogP contribution in [0.1, 0.15) is 25.3 Å². The summed E-state index contributed by atoms with van der Waals surface area (Å²) in [7, 11) is 0. The monoisotopic (exact) mass is 337 g/mol. The van der Waals surface area contributed by atoms with Crippen molar-refractivity contribution in [2.75, 3.05) is 11.9 Å². The van der Waals surface area contributed by atoms with Crippen LogP contribution >= 0.6 is 15.9 Å². The largest absolute Gasteiger partial charge is 0.416 e. The molecule has 0 amide bonds. The van der Waals surface area contributed by atoms with Crippen LogP contribution in [-0.4, -0.2) is 18.8 Å². The molecule has 0 aliphatic carbocycles. The third-order valence-electron chi connectivity index (χ3n) is 3.08. The fraction of sp³-hybridized carbons (Fsp3) is 0.538. The normalized spacial score (nSPS) is 23.6. The lowest BCUT2D eigenvalue weighted by Crippen LogP contribution is -2.20. The van der Waals surface area contributed by atoms with Crippen molar-refractivity contribution < 1.29 is 17.9 Å². The molecule has 0 saturated carbocycles. The number of nitrogens with one attached hydrogen (secondary N) is 1. The SMILES string of the molecule is CC1CCC(CNc2cc(Br)cc(C(F)(F)F)c2)O1. The quantitative estimate of drug-likeness (QED) is 0.879. The molecule has 2 rings (SSSR count). The molecule has 6 heteroatoms. The molecule has 1 aliphatic heterocycles. The summed E-state index contributed by atoms with van der Waals surface area (Å²) in [4.78, 5) is 0. The molecule has 19 heavy (non-hydrogen) atoms. The zero-order valence-corrected chi connectivity index (χ0v) is 12.0. The van der Waals surface area contributed by atoms with E-state index < -0.39 is 11.7 Å². The van der Waals surface area contributed by atoms with Crippen LogP contribution in [-0.2, 0) is 10.9 Å². The van der Waals surface area contributed by atoms with Gasteiger partial charge in [-0.2, -0.15) is 13.2 Å². The molecular formula is C13H15BrF3NO. The minimum absolute atomic E-state index is 0.0725. The van der Waals surface area contributed by atoms with E-state index in [0.717, 1.165) is 25.0 Å². The first-order valence-corrected chi connectivity index (χ1v) is 6.91. The summed E-state index contributed by atoms with van der Waals surface area (Å²) < 4.78 is 44.0. The lowest BCUT2D eigenvalue weighted by molar-refractivity contribution is -0.137. The van der Waals surface area contributed by atoms with Crippen LogP contribution in [0.25, 0.3) is 0 Å². The predicted octanol–water partition coefficient (Wildman–Crippen LogP) is 4.45. The molecular weight excluding hydrogens is 323 g/mol. The first-order chi connectivity index (χ1) is 8.84. The minimum atomic E-state index is -4.33. The molecule has 1 heterocycles. The van der Waals surface area contributed by atoms with Gasteiger partial charge in [0.2, 0.25) is 0 Å². The van der Waals surface area contributed by atoms with Gasteiger partial charge in [-0.3, -0.25) is 0 Å². The lowest BCUT2D eigenvalue weighted by Gasteiger charge is -2.15. The first kappa shape index (κ1) is 14.7. The summed E-state index contributed by atoms with van der Waals surface area (Å²) in [6.07, 6.45) is -2.09. The van der Waals surface area contributed by atoms with Crippen LogP contribution < -0.4 is 5.32 Å². The molecule has 0 spiro atoms. The molecule has 1 fully saturated rings. The summed E-state index contributed by atoms with van der Waals surface area (Å²) in [5, 5.41) is 3.01. The number of halogens is 4. The van der Waals surface area contributed by atoms with Gasteiger partial charge in [0.15, 0.2) is 0 Å². The highest BCUT2D eigenvalue weighted by Gasteiger charge is 2.31. The summed E-state index contributed by atoms with van der Waals surface area (Å²) in [6.45, 7) is 2.53. The van der Waals surface area contributed by atoms with E-state index in [1.807, 2.05) is 6.92 Å². The van der Waals surface area contributed by atoms with Crippen molar-refractivity contribution in [1.29, 1.82) is 0 Å². The van der Waals surface area contributed by atoms with Crippen LogP contribution in [0.5, 0.6) is 0 Å². The lowest BCUT2D eigenvalue weighted by atomic mass is 10.1. The topological polar surface area (TPSA) is 21.3 Å². The Kier molecular flexibility index (Phi) is 4.40. The Balaban J connectivity index is 2.02. The van der Waals surface area contributed by atoms with Crippen LogP contribution in [0.15, 0.2) is 22.7 Å². The van der Waals surface area contributed by atoms with Crippen molar-refractivity contribution >= 4 is 21.6 Å². The molecule has 2 unspecified atom stereocenters. The first-order valence-electron chi connectivity index (χ1n) is 6.12. The summed E-state index contributed by atoms with van der Waals surface area (Å²) in [5.41, 5.74) is -0.213. The van der Waals surface area contributed by atoms with E-state index in [1.165, 1.54) is 0 Å². The molecule has 1 aromatic carbocycles. The zero-order chi connectivity index (χ0) is 14.0. The van der Waals surface area contributed by atoms with E-state index in [2.05, 4.69) is 21.2 Å². The van der Waals surface area contributed by atoms with Gasteiger partial charge >= 0.3 is 6.18 Å². The number of rotatable bonds is 3. The Labute approximate surface area is 118 Å². The highest BCUT2D eigenvalue weighted by Crippen LogP contribution is 2.33. The molecule has 0 bridgehead atoms. The van der Waals surface area contributed by atoms with Gasteiger partial charge in [0, 0.05) is 16.7 Å². The Morgan fingerprint density at radius 2 is 2.05 bits per heavy atom. The van der Waals surface area contributed by atoms with E-state index in [-0.39, 0.29) is 12.2 Å². The molecule has 1 saturated heterocycles. The van der Waals surface area contributed by atoms with Crippen molar-refractivity contribution in [2.24, 2.45) is 0 Å². The van der Waals surface area contributed by atoms with Crippen molar-refractivity contribution in [2.45, 2.75) is 38.1 Å². The maximum atomic E-state index is 12.7. The Hall–Kier alpha value is -0.750. The second-order valence-corrected chi connectivity index (χ2v) is 5.67. The second-order valence-electron chi connectivity index (χ2n) is 4.75. The van der Waals surface area contributed by atoms with Gasteiger partial charge < -0.3 is 10.1 Å². The van der Waals surface area contributed by atoms with Crippen LogP contribution in [0.2, 0.25) is 0 Å². The Morgan fingerprint density at radius 3 is 2.63 bits per heavy atom. The van der Waals surface area contributed by atoms with Gasteiger partial charge in [-0.25, -0.2) is 0 Å². The van der Waals surface area contributed by atoms with E-state index in [9.17, 15) is 13.2 Å². The smallest absolute Gasteiger partial charge is 0.382 e. The average molecular weight is 338 g/mol. The molecule has 1 aromatic rings. The van der Waals surface area contributed by atoms with Gasteiger partial charge in [0.1, 0.15) is 0 Å². The summed E-state index contributed by atoms with van der Waals surface area (Å²) >= 11 is 3.10. The highest BCUT2D eigenvalue weighted by molar-refractivity contribution is 9.10. The van der Waals surface area contributed by atoms with Gasteiger partial charge in [-0.15, -0.1) is 0 Å². The van der Waals surface area contributed by atoms with E-state index in [1.54, 1.807) is 6.07 Å². The molecule has 1 aliphatic rings. The summed E-state index contributed by atoms with van der Waals surface area (Å²) in [5.74, 6) is 0. The van der Waals surface area contributed by atoms with Crippen molar-refractivity contribution in [3.63, 3.8) is 0 Å². The van der Waals surface area contributed by atoms with Gasteiger partial charge in [-0.05, 0) is 38.0 Å². The number of benzene rings is 1. The summed E-state index contributed by atoms with van der Waals surface area (Å²) in [6, 6.07) is 3.82. The third kappa shape index (κ3) is 4.11. The number of hydrogen-bond donors (Lipinski definition) is 1. The Morgan fingerprint density at radius 1 is 1.32 bits per heavy atom. The van der Waals surface area contributed by atoms with E-state index in [4.69, 9.17) is 4.74 Å².